The second kappa shape index (κ2) is 7.86. The van der Waals surface area contributed by atoms with E-state index in [1.807, 2.05) is 0 Å². The van der Waals surface area contributed by atoms with Gasteiger partial charge in [0.2, 0.25) is 0 Å². The minimum atomic E-state index is -4.72. The second-order valence-electron chi connectivity index (χ2n) is 6.74. The van der Waals surface area contributed by atoms with Crippen molar-refractivity contribution in [2.24, 2.45) is 0 Å². The Hall–Kier alpha value is -3.10. The summed E-state index contributed by atoms with van der Waals surface area (Å²) >= 11 is 11.8. The van der Waals surface area contributed by atoms with Gasteiger partial charge >= 0.3 is 6.18 Å². The first-order valence-electron chi connectivity index (χ1n) is 8.93. The average Bonchev–Trinajstić information content (AvgIpc) is 3.14. The highest BCUT2D eigenvalue weighted by Gasteiger charge is 2.35. The number of aromatic nitrogens is 3. The van der Waals surface area contributed by atoms with Crippen LogP contribution in [0.5, 0.6) is 0 Å². The van der Waals surface area contributed by atoms with Crippen molar-refractivity contribution in [3.8, 4) is 11.3 Å². The number of fused-ring (bicyclic) bond motifs is 1. The first kappa shape index (κ1) is 21.1. The summed E-state index contributed by atoms with van der Waals surface area (Å²) < 4.78 is 41.7. The molecule has 0 atom stereocenters. The van der Waals surface area contributed by atoms with Gasteiger partial charge in [0.25, 0.3) is 5.91 Å². The number of hydrogen-bond donors (Lipinski definition) is 1. The molecule has 10 heteroatoms. The van der Waals surface area contributed by atoms with E-state index in [1.165, 1.54) is 6.07 Å². The van der Waals surface area contributed by atoms with Crippen LogP contribution in [0.15, 0.2) is 54.6 Å². The van der Waals surface area contributed by atoms with Crippen molar-refractivity contribution in [1.82, 2.24) is 14.6 Å². The topological polar surface area (TPSA) is 59.3 Å². The van der Waals surface area contributed by atoms with Gasteiger partial charge in [0.1, 0.15) is 0 Å². The Labute approximate surface area is 184 Å². The van der Waals surface area contributed by atoms with Gasteiger partial charge in [0, 0.05) is 27.4 Å². The Bertz CT molecular complexity index is 1300. The lowest BCUT2D eigenvalue weighted by atomic mass is 10.1. The second-order valence-corrected chi connectivity index (χ2v) is 7.62. The van der Waals surface area contributed by atoms with Crippen molar-refractivity contribution >= 4 is 40.4 Å². The van der Waals surface area contributed by atoms with Crippen LogP contribution < -0.4 is 5.32 Å². The summed E-state index contributed by atoms with van der Waals surface area (Å²) in [4.78, 5) is 16.9. The normalized spacial score (nSPS) is 11.7. The maximum Gasteiger partial charge on any atom is 0.433 e. The summed E-state index contributed by atoms with van der Waals surface area (Å²) in [5, 5.41) is 7.31. The predicted octanol–water partition coefficient (Wildman–Crippen LogP) is 6.28. The third-order valence-electron chi connectivity index (χ3n) is 4.54. The van der Waals surface area contributed by atoms with E-state index in [4.69, 9.17) is 23.2 Å². The lowest BCUT2D eigenvalue weighted by Gasteiger charge is -2.11. The number of aryl methyl sites for hydroxylation is 1. The van der Waals surface area contributed by atoms with E-state index in [0.717, 1.165) is 11.6 Å². The molecule has 0 radical (unpaired) electrons. The molecule has 0 aliphatic carbocycles. The van der Waals surface area contributed by atoms with Crippen LogP contribution in [0.4, 0.5) is 18.9 Å². The molecule has 31 heavy (non-hydrogen) atoms. The Balaban J connectivity index is 1.79. The van der Waals surface area contributed by atoms with Crippen LogP contribution in [0, 0.1) is 6.92 Å². The summed E-state index contributed by atoms with van der Waals surface area (Å²) in [6.45, 7) is 1.76. The number of anilines is 1. The summed E-state index contributed by atoms with van der Waals surface area (Å²) in [5.41, 5.74) is 0.299. The molecular weight excluding hydrogens is 452 g/mol. The maximum atomic E-state index is 13.7. The van der Waals surface area contributed by atoms with Crippen molar-refractivity contribution in [2.45, 2.75) is 13.1 Å². The van der Waals surface area contributed by atoms with Crippen LogP contribution in [-0.2, 0) is 6.18 Å². The van der Waals surface area contributed by atoms with Gasteiger partial charge in [-0.15, -0.1) is 0 Å². The molecule has 1 amide bonds. The number of nitrogens with zero attached hydrogens (tertiary/aromatic N) is 3. The van der Waals surface area contributed by atoms with Crippen LogP contribution in [0.25, 0.3) is 16.9 Å². The number of carbonyl (C=O) groups is 1. The Morgan fingerprint density at radius 2 is 1.68 bits per heavy atom. The minimum absolute atomic E-state index is 0.0778. The molecule has 2 aromatic carbocycles. The Kier molecular flexibility index (Phi) is 5.36. The molecule has 0 spiro atoms. The van der Waals surface area contributed by atoms with Gasteiger partial charge in [-0.2, -0.15) is 18.3 Å². The zero-order valence-electron chi connectivity index (χ0n) is 15.8. The van der Waals surface area contributed by atoms with E-state index in [2.05, 4.69) is 15.4 Å². The standard InChI is InChI=1S/C21H13Cl2F3N4O/c1-11-2-5-14(23)8-15(11)28-20(31)17-10-19-27-16(12-3-6-13(22)7-4-12)9-18(21(24,25)26)30(19)29-17/h2-10H,1H3,(H,28,31). The lowest BCUT2D eigenvalue weighted by Crippen LogP contribution is -2.16. The van der Waals surface area contributed by atoms with Gasteiger partial charge in [0.15, 0.2) is 17.0 Å². The number of rotatable bonds is 3. The van der Waals surface area contributed by atoms with Gasteiger partial charge in [-0.3, -0.25) is 4.79 Å². The SMILES string of the molecule is Cc1ccc(Cl)cc1NC(=O)c1cc2nc(-c3ccc(Cl)cc3)cc(C(F)(F)F)n2n1. The summed E-state index contributed by atoms with van der Waals surface area (Å²) in [7, 11) is 0. The van der Waals surface area contributed by atoms with Crippen LogP contribution in [0.3, 0.4) is 0 Å². The van der Waals surface area contributed by atoms with Crippen molar-refractivity contribution in [3.05, 3.63) is 81.6 Å². The third kappa shape index (κ3) is 4.35. The third-order valence-corrected chi connectivity index (χ3v) is 5.03. The van der Waals surface area contributed by atoms with E-state index in [-0.39, 0.29) is 17.0 Å². The molecule has 1 N–H and O–H groups in total. The number of hydrogen-bond acceptors (Lipinski definition) is 3. The van der Waals surface area contributed by atoms with E-state index < -0.39 is 17.8 Å². The monoisotopic (exact) mass is 464 g/mol. The van der Waals surface area contributed by atoms with Crippen molar-refractivity contribution in [1.29, 1.82) is 0 Å². The van der Waals surface area contributed by atoms with E-state index in [1.54, 1.807) is 49.4 Å². The Morgan fingerprint density at radius 1 is 1.00 bits per heavy atom. The highest BCUT2D eigenvalue weighted by molar-refractivity contribution is 6.31. The molecule has 4 rings (SSSR count). The predicted molar refractivity (Wildman–Crippen MR) is 113 cm³/mol. The molecule has 0 saturated carbocycles. The first-order valence-corrected chi connectivity index (χ1v) is 9.69. The fourth-order valence-corrected chi connectivity index (χ4v) is 3.27. The first-order chi connectivity index (χ1) is 14.6. The summed E-state index contributed by atoms with van der Waals surface area (Å²) in [5.74, 6) is -0.683. The van der Waals surface area contributed by atoms with Crippen molar-refractivity contribution in [3.63, 3.8) is 0 Å². The molecule has 2 heterocycles. The number of halogens is 5. The lowest BCUT2D eigenvalue weighted by molar-refractivity contribution is -0.142. The molecule has 0 aliphatic heterocycles. The van der Waals surface area contributed by atoms with Crippen molar-refractivity contribution in [2.75, 3.05) is 5.32 Å². The van der Waals surface area contributed by atoms with E-state index in [9.17, 15) is 18.0 Å². The number of amides is 1. The molecule has 0 fully saturated rings. The molecule has 0 unspecified atom stereocenters. The molecule has 5 nitrogen and oxygen atoms in total. The van der Waals surface area contributed by atoms with Gasteiger partial charge in [-0.25, -0.2) is 9.50 Å². The minimum Gasteiger partial charge on any atom is -0.320 e. The molecule has 0 aliphatic rings. The highest BCUT2D eigenvalue weighted by atomic mass is 35.5. The van der Waals surface area contributed by atoms with Gasteiger partial charge < -0.3 is 5.32 Å². The average molecular weight is 465 g/mol. The van der Waals surface area contributed by atoms with Gasteiger partial charge in [-0.05, 0) is 42.8 Å². The summed E-state index contributed by atoms with van der Waals surface area (Å²) in [6.07, 6.45) is -4.72. The fraction of sp³-hybridized carbons (Fsp3) is 0.0952. The fourth-order valence-electron chi connectivity index (χ4n) is 2.97. The number of alkyl halides is 3. The number of nitrogens with one attached hydrogen (secondary N) is 1. The quantitative estimate of drug-likeness (QED) is 0.387. The van der Waals surface area contributed by atoms with Gasteiger partial charge in [-0.1, -0.05) is 41.4 Å². The van der Waals surface area contributed by atoms with Crippen LogP contribution in [-0.4, -0.2) is 20.5 Å². The number of benzene rings is 2. The van der Waals surface area contributed by atoms with E-state index >= 15 is 0 Å². The molecule has 158 valence electrons. The van der Waals surface area contributed by atoms with Gasteiger partial charge in [0.05, 0.1) is 5.69 Å². The Morgan fingerprint density at radius 3 is 2.35 bits per heavy atom. The zero-order valence-corrected chi connectivity index (χ0v) is 17.3. The molecule has 0 saturated heterocycles. The highest BCUT2D eigenvalue weighted by Crippen LogP contribution is 2.32. The molecule has 0 bridgehead atoms. The van der Waals surface area contributed by atoms with E-state index in [0.29, 0.717) is 25.8 Å². The maximum absolute atomic E-state index is 13.7. The van der Waals surface area contributed by atoms with Crippen LogP contribution in [0.2, 0.25) is 10.0 Å². The molecule has 2 aromatic heterocycles. The molecular formula is C21H13Cl2F3N4O. The van der Waals surface area contributed by atoms with Crippen molar-refractivity contribution < 1.29 is 18.0 Å². The number of carbonyl (C=O) groups excluding carboxylic acids is 1. The zero-order chi connectivity index (χ0) is 22.3. The molecule has 4 aromatic rings. The largest absolute Gasteiger partial charge is 0.433 e. The summed E-state index contributed by atoms with van der Waals surface area (Å²) in [6, 6.07) is 13.2. The van der Waals surface area contributed by atoms with Crippen LogP contribution >= 0.6 is 23.2 Å². The van der Waals surface area contributed by atoms with Crippen LogP contribution in [0.1, 0.15) is 21.7 Å². The smallest absolute Gasteiger partial charge is 0.320 e.